The first-order valence-corrected chi connectivity index (χ1v) is 6.11. The summed E-state index contributed by atoms with van der Waals surface area (Å²) in [4.78, 5) is 12.7. The molecule has 17 heavy (non-hydrogen) atoms. The van der Waals surface area contributed by atoms with Gasteiger partial charge in [-0.05, 0) is 18.9 Å². The van der Waals surface area contributed by atoms with Crippen molar-refractivity contribution in [2.45, 2.75) is 31.6 Å². The molecule has 0 spiro atoms. The van der Waals surface area contributed by atoms with Crippen LogP contribution >= 0.6 is 11.6 Å². The third kappa shape index (κ3) is 2.15. The molecule has 5 nitrogen and oxygen atoms in total. The van der Waals surface area contributed by atoms with Gasteiger partial charge < -0.3 is 0 Å². The van der Waals surface area contributed by atoms with Gasteiger partial charge in [-0.25, -0.2) is 15.0 Å². The highest BCUT2D eigenvalue weighted by molar-refractivity contribution is 6.29. The average Bonchev–Trinajstić information content (AvgIpc) is 3.02. The molecule has 0 radical (unpaired) electrons. The topological polar surface area (TPSA) is 67.3 Å². The monoisotopic (exact) mass is 249 g/mol. The van der Waals surface area contributed by atoms with Crippen molar-refractivity contribution in [3.05, 3.63) is 23.2 Å². The Hall–Kier alpha value is -1.49. The van der Waals surface area contributed by atoms with Gasteiger partial charge in [0.2, 0.25) is 0 Å². The number of aromatic nitrogens is 5. The molecule has 0 aromatic carbocycles. The molecular weight excluding hydrogens is 238 g/mol. The molecule has 88 valence electrons. The standard InChI is InChI=1S/C11H12ClN5/c12-9-5-8(7-3-1-2-4-7)15-11(16-9)10-13-6-14-17-10/h5-7H,1-4H2,(H,13,14,17). The van der Waals surface area contributed by atoms with Crippen LogP contribution in [0.4, 0.5) is 0 Å². The van der Waals surface area contributed by atoms with Gasteiger partial charge in [-0.2, -0.15) is 5.10 Å². The molecule has 2 heterocycles. The zero-order valence-electron chi connectivity index (χ0n) is 9.23. The summed E-state index contributed by atoms with van der Waals surface area (Å²) in [6.45, 7) is 0. The number of aromatic amines is 1. The first kappa shape index (κ1) is 10.7. The predicted octanol–water partition coefficient (Wildman–Crippen LogP) is 2.57. The number of H-pyrrole nitrogens is 1. The highest BCUT2D eigenvalue weighted by Gasteiger charge is 2.20. The summed E-state index contributed by atoms with van der Waals surface area (Å²) in [5.41, 5.74) is 1.02. The van der Waals surface area contributed by atoms with Crippen LogP contribution in [0.15, 0.2) is 12.4 Å². The summed E-state index contributed by atoms with van der Waals surface area (Å²) >= 11 is 6.03. The minimum absolute atomic E-state index is 0.466. The molecule has 2 aromatic heterocycles. The minimum atomic E-state index is 0.466. The predicted molar refractivity (Wildman–Crippen MR) is 63.6 cm³/mol. The average molecular weight is 250 g/mol. The van der Waals surface area contributed by atoms with Crippen LogP contribution in [0.3, 0.4) is 0 Å². The summed E-state index contributed by atoms with van der Waals surface area (Å²) in [5.74, 6) is 1.60. The van der Waals surface area contributed by atoms with E-state index in [9.17, 15) is 0 Å². The lowest BCUT2D eigenvalue weighted by atomic mass is 10.0. The molecule has 0 saturated heterocycles. The maximum Gasteiger partial charge on any atom is 0.198 e. The number of rotatable bonds is 2. The molecule has 1 N–H and O–H groups in total. The van der Waals surface area contributed by atoms with Gasteiger partial charge in [0.25, 0.3) is 0 Å². The number of halogens is 1. The molecule has 0 unspecified atom stereocenters. The summed E-state index contributed by atoms with van der Waals surface area (Å²) < 4.78 is 0. The number of hydrogen-bond acceptors (Lipinski definition) is 4. The molecule has 1 fully saturated rings. The Morgan fingerprint density at radius 1 is 1.24 bits per heavy atom. The molecule has 2 aromatic rings. The zero-order chi connectivity index (χ0) is 11.7. The molecule has 3 rings (SSSR count). The van der Waals surface area contributed by atoms with E-state index in [0.717, 1.165) is 5.69 Å². The summed E-state index contributed by atoms with van der Waals surface area (Å²) in [7, 11) is 0. The second-order valence-electron chi connectivity index (χ2n) is 4.25. The van der Waals surface area contributed by atoms with Crippen LogP contribution in [0.2, 0.25) is 5.15 Å². The van der Waals surface area contributed by atoms with Gasteiger partial charge >= 0.3 is 0 Å². The molecule has 0 aliphatic heterocycles. The van der Waals surface area contributed by atoms with Gasteiger partial charge in [0.1, 0.15) is 11.5 Å². The molecule has 6 heteroatoms. The van der Waals surface area contributed by atoms with Crippen LogP contribution in [-0.4, -0.2) is 25.1 Å². The normalized spacial score (nSPS) is 16.5. The Bertz CT molecular complexity index is 505. The molecule has 0 amide bonds. The Labute approximate surface area is 104 Å². The smallest absolute Gasteiger partial charge is 0.198 e. The van der Waals surface area contributed by atoms with E-state index in [0.29, 0.717) is 22.7 Å². The highest BCUT2D eigenvalue weighted by Crippen LogP contribution is 2.34. The van der Waals surface area contributed by atoms with Gasteiger partial charge in [-0.1, -0.05) is 24.4 Å². The summed E-state index contributed by atoms with van der Waals surface area (Å²) in [6.07, 6.45) is 6.34. The summed E-state index contributed by atoms with van der Waals surface area (Å²) in [6, 6.07) is 1.86. The first-order valence-electron chi connectivity index (χ1n) is 5.73. The minimum Gasteiger partial charge on any atom is -0.257 e. The Balaban J connectivity index is 2.00. The van der Waals surface area contributed by atoms with Crippen LogP contribution < -0.4 is 0 Å². The first-order chi connectivity index (χ1) is 8.33. The van der Waals surface area contributed by atoms with Crippen LogP contribution in [0.1, 0.15) is 37.3 Å². The largest absolute Gasteiger partial charge is 0.257 e. The van der Waals surface area contributed by atoms with Crippen molar-refractivity contribution >= 4 is 11.6 Å². The van der Waals surface area contributed by atoms with Crippen molar-refractivity contribution in [2.75, 3.05) is 0 Å². The van der Waals surface area contributed by atoms with Gasteiger partial charge in [0.05, 0.1) is 0 Å². The van der Waals surface area contributed by atoms with Crippen molar-refractivity contribution in [3.63, 3.8) is 0 Å². The van der Waals surface area contributed by atoms with Gasteiger partial charge in [0, 0.05) is 11.6 Å². The Morgan fingerprint density at radius 2 is 2.06 bits per heavy atom. The molecular formula is C11H12ClN5. The van der Waals surface area contributed by atoms with E-state index in [1.54, 1.807) is 0 Å². The zero-order valence-corrected chi connectivity index (χ0v) is 9.98. The number of nitrogens with zero attached hydrogens (tertiary/aromatic N) is 4. The number of hydrogen-bond donors (Lipinski definition) is 1. The second-order valence-corrected chi connectivity index (χ2v) is 4.64. The van der Waals surface area contributed by atoms with Crippen molar-refractivity contribution in [2.24, 2.45) is 0 Å². The van der Waals surface area contributed by atoms with E-state index >= 15 is 0 Å². The molecule has 1 aliphatic rings. The van der Waals surface area contributed by atoms with Gasteiger partial charge in [-0.3, -0.25) is 5.10 Å². The van der Waals surface area contributed by atoms with Crippen molar-refractivity contribution in [1.29, 1.82) is 0 Å². The fourth-order valence-electron chi connectivity index (χ4n) is 2.28. The Morgan fingerprint density at radius 3 is 2.76 bits per heavy atom. The van der Waals surface area contributed by atoms with E-state index in [1.165, 1.54) is 32.0 Å². The third-order valence-corrected chi connectivity index (χ3v) is 3.31. The lowest BCUT2D eigenvalue weighted by Gasteiger charge is -2.09. The fourth-order valence-corrected chi connectivity index (χ4v) is 2.48. The maximum absolute atomic E-state index is 6.03. The van der Waals surface area contributed by atoms with Gasteiger partial charge in [-0.15, -0.1) is 0 Å². The third-order valence-electron chi connectivity index (χ3n) is 3.11. The van der Waals surface area contributed by atoms with E-state index in [4.69, 9.17) is 11.6 Å². The molecule has 0 atom stereocenters. The quantitative estimate of drug-likeness (QED) is 0.831. The van der Waals surface area contributed by atoms with Crippen LogP contribution in [-0.2, 0) is 0 Å². The maximum atomic E-state index is 6.03. The lowest BCUT2D eigenvalue weighted by molar-refractivity contribution is 0.694. The second kappa shape index (κ2) is 4.41. The van der Waals surface area contributed by atoms with E-state index in [-0.39, 0.29) is 0 Å². The van der Waals surface area contributed by atoms with Crippen molar-refractivity contribution < 1.29 is 0 Å². The molecule has 1 aliphatic carbocycles. The van der Waals surface area contributed by atoms with Crippen molar-refractivity contribution in [1.82, 2.24) is 25.1 Å². The van der Waals surface area contributed by atoms with Crippen LogP contribution in [0.25, 0.3) is 11.6 Å². The highest BCUT2D eigenvalue weighted by atomic mass is 35.5. The van der Waals surface area contributed by atoms with Crippen LogP contribution in [0.5, 0.6) is 0 Å². The number of nitrogens with one attached hydrogen (secondary N) is 1. The van der Waals surface area contributed by atoms with Crippen LogP contribution in [0, 0.1) is 0 Å². The van der Waals surface area contributed by atoms with E-state index < -0.39 is 0 Å². The molecule has 0 bridgehead atoms. The molecule has 1 saturated carbocycles. The van der Waals surface area contributed by atoms with E-state index in [2.05, 4.69) is 25.1 Å². The van der Waals surface area contributed by atoms with E-state index in [1.807, 2.05) is 6.07 Å². The Kier molecular flexibility index (Phi) is 2.76. The van der Waals surface area contributed by atoms with Gasteiger partial charge in [0.15, 0.2) is 11.6 Å². The lowest BCUT2D eigenvalue weighted by Crippen LogP contribution is -2.01. The summed E-state index contributed by atoms with van der Waals surface area (Å²) in [5, 5.41) is 7.02. The fraction of sp³-hybridized carbons (Fsp3) is 0.455. The van der Waals surface area contributed by atoms with Crippen molar-refractivity contribution in [3.8, 4) is 11.6 Å². The SMILES string of the molecule is Clc1cc(C2CCCC2)nc(-c2ncn[nH]2)n1.